The van der Waals surface area contributed by atoms with E-state index in [1.165, 1.54) is 50.8 Å². The summed E-state index contributed by atoms with van der Waals surface area (Å²) >= 11 is 0. The summed E-state index contributed by atoms with van der Waals surface area (Å²) in [5.41, 5.74) is 4.75. The molecule has 3 N–H and O–H groups in total. The zero-order valence-corrected chi connectivity index (χ0v) is 18.7. The Kier molecular flexibility index (Phi) is 13.8. The average molecular weight is 426 g/mol. The number of aromatic nitrogens is 2. The molecule has 0 bridgehead atoms. The van der Waals surface area contributed by atoms with E-state index in [4.69, 9.17) is 19.9 Å². The van der Waals surface area contributed by atoms with Crippen LogP contribution < -0.4 is 11.4 Å². The molecule has 1 saturated carbocycles. The summed E-state index contributed by atoms with van der Waals surface area (Å²) in [7, 11) is 0. The van der Waals surface area contributed by atoms with E-state index in [1.807, 2.05) is 13.8 Å². The molecular formula is C22H39N3O5. The SMILES string of the molecule is CC.CCCCCC1CCC(C(=O)OCC2OCCO2)CC1.Nc1ccnc(=O)[nH]1. The van der Waals surface area contributed by atoms with Crippen LogP contribution in [0.3, 0.4) is 0 Å². The molecule has 0 radical (unpaired) electrons. The predicted molar refractivity (Wildman–Crippen MR) is 117 cm³/mol. The first-order chi connectivity index (χ1) is 14.6. The minimum absolute atomic E-state index is 0.0592. The van der Waals surface area contributed by atoms with Gasteiger partial charge in [0.05, 0.1) is 19.1 Å². The highest BCUT2D eigenvalue weighted by Gasteiger charge is 2.28. The summed E-state index contributed by atoms with van der Waals surface area (Å²) in [5.74, 6) is 1.20. The minimum Gasteiger partial charge on any atom is -0.460 e. The fourth-order valence-electron chi connectivity index (χ4n) is 3.52. The van der Waals surface area contributed by atoms with Crippen molar-refractivity contribution in [2.45, 2.75) is 78.4 Å². The largest absolute Gasteiger partial charge is 0.460 e. The lowest BCUT2D eigenvalue weighted by molar-refractivity contribution is -0.161. The standard InChI is InChI=1S/C16H28O4.C4H5N3O.C2H6/c1-2-3-4-5-13-6-8-14(9-7-13)16(17)20-12-15-18-10-11-19-15;5-3-1-2-6-4(8)7-3;1-2/h13-15H,2-12H2,1H3;1-2H,(H3,5,6,7,8);1-2H3. The number of hydrogen-bond acceptors (Lipinski definition) is 7. The number of carbonyl (C=O) groups is 1. The van der Waals surface area contributed by atoms with Crippen LogP contribution in [-0.4, -0.2) is 42.0 Å². The molecule has 0 aromatic carbocycles. The van der Waals surface area contributed by atoms with E-state index in [-0.39, 0.29) is 24.8 Å². The van der Waals surface area contributed by atoms with E-state index in [0.717, 1.165) is 18.8 Å². The second-order valence-electron chi connectivity index (χ2n) is 7.34. The first-order valence-electron chi connectivity index (χ1n) is 11.3. The van der Waals surface area contributed by atoms with Crippen LogP contribution in [0.1, 0.15) is 72.1 Å². The molecule has 2 heterocycles. The van der Waals surface area contributed by atoms with Crippen LogP contribution in [0, 0.1) is 11.8 Å². The minimum atomic E-state index is -0.412. The maximum Gasteiger partial charge on any atom is 0.346 e. The fourth-order valence-corrected chi connectivity index (χ4v) is 3.52. The van der Waals surface area contributed by atoms with Crippen LogP contribution in [0.15, 0.2) is 17.1 Å². The molecule has 0 amide bonds. The van der Waals surface area contributed by atoms with Gasteiger partial charge in [-0.25, -0.2) is 9.78 Å². The normalized spacial score (nSPS) is 21.0. The van der Waals surface area contributed by atoms with Gasteiger partial charge < -0.3 is 19.9 Å². The number of nitrogens with two attached hydrogens (primary N) is 1. The van der Waals surface area contributed by atoms with Crippen molar-refractivity contribution in [2.75, 3.05) is 25.6 Å². The highest BCUT2D eigenvalue weighted by molar-refractivity contribution is 5.72. The number of anilines is 1. The predicted octanol–water partition coefficient (Wildman–Crippen LogP) is 3.67. The quantitative estimate of drug-likeness (QED) is 0.506. The number of esters is 1. The van der Waals surface area contributed by atoms with Gasteiger partial charge in [0, 0.05) is 6.20 Å². The molecule has 1 aliphatic carbocycles. The molecule has 172 valence electrons. The van der Waals surface area contributed by atoms with Gasteiger partial charge in [0.25, 0.3) is 0 Å². The number of nitrogen functional groups attached to an aromatic ring is 1. The van der Waals surface area contributed by atoms with Gasteiger partial charge in [-0.1, -0.05) is 46.5 Å². The Morgan fingerprint density at radius 3 is 2.40 bits per heavy atom. The van der Waals surface area contributed by atoms with Gasteiger partial charge in [0.1, 0.15) is 12.4 Å². The maximum absolute atomic E-state index is 12.0. The van der Waals surface area contributed by atoms with Gasteiger partial charge in [-0.2, -0.15) is 0 Å². The van der Waals surface area contributed by atoms with E-state index >= 15 is 0 Å². The zero-order chi connectivity index (χ0) is 22.2. The van der Waals surface area contributed by atoms with Crippen molar-refractivity contribution in [1.82, 2.24) is 9.97 Å². The van der Waals surface area contributed by atoms with Gasteiger partial charge in [-0.05, 0) is 37.7 Å². The monoisotopic (exact) mass is 425 g/mol. The van der Waals surface area contributed by atoms with Crippen molar-refractivity contribution in [3.63, 3.8) is 0 Å². The molecule has 0 atom stereocenters. The van der Waals surface area contributed by atoms with Gasteiger partial charge in [-0.3, -0.25) is 9.78 Å². The molecule has 0 spiro atoms. The number of aromatic amines is 1. The molecule has 1 aromatic rings. The van der Waals surface area contributed by atoms with E-state index in [0.29, 0.717) is 19.0 Å². The molecule has 8 nitrogen and oxygen atoms in total. The van der Waals surface area contributed by atoms with Gasteiger partial charge in [0.2, 0.25) is 0 Å². The molecule has 2 aliphatic rings. The van der Waals surface area contributed by atoms with Crippen molar-refractivity contribution in [2.24, 2.45) is 11.8 Å². The smallest absolute Gasteiger partial charge is 0.346 e. The van der Waals surface area contributed by atoms with E-state index in [2.05, 4.69) is 16.9 Å². The lowest BCUT2D eigenvalue weighted by Gasteiger charge is -2.27. The maximum atomic E-state index is 12.0. The van der Waals surface area contributed by atoms with Crippen molar-refractivity contribution < 1.29 is 19.0 Å². The average Bonchev–Trinajstić information content (AvgIpc) is 3.28. The zero-order valence-electron chi connectivity index (χ0n) is 18.7. The number of unbranched alkanes of at least 4 members (excludes halogenated alkanes) is 2. The number of ether oxygens (including phenoxy) is 3. The van der Waals surface area contributed by atoms with Gasteiger partial charge >= 0.3 is 11.7 Å². The number of nitrogens with one attached hydrogen (secondary N) is 1. The Bertz CT molecular complexity index is 623. The summed E-state index contributed by atoms with van der Waals surface area (Å²) in [5, 5.41) is 0. The molecule has 30 heavy (non-hydrogen) atoms. The summed E-state index contributed by atoms with van der Waals surface area (Å²) < 4.78 is 15.8. The van der Waals surface area contributed by atoms with Crippen LogP contribution in [0.25, 0.3) is 0 Å². The topological polar surface area (TPSA) is 117 Å². The summed E-state index contributed by atoms with van der Waals surface area (Å²) in [6.07, 6.45) is 10.6. The van der Waals surface area contributed by atoms with E-state index in [1.54, 1.807) is 0 Å². The number of carbonyl (C=O) groups excluding carboxylic acids is 1. The lowest BCUT2D eigenvalue weighted by atomic mass is 9.80. The molecule has 1 saturated heterocycles. The third-order valence-electron chi connectivity index (χ3n) is 5.15. The Balaban J connectivity index is 0.000000375. The van der Waals surface area contributed by atoms with Crippen molar-refractivity contribution in [1.29, 1.82) is 0 Å². The van der Waals surface area contributed by atoms with Crippen molar-refractivity contribution >= 4 is 11.8 Å². The van der Waals surface area contributed by atoms with Crippen LogP contribution in [0.2, 0.25) is 0 Å². The molecule has 3 rings (SSSR count). The van der Waals surface area contributed by atoms with Crippen LogP contribution >= 0.6 is 0 Å². The van der Waals surface area contributed by atoms with Crippen molar-refractivity contribution in [3.05, 3.63) is 22.7 Å². The molecule has 2 fully saturated rings. The summed E-state index contributed by atoms with van der Waals surface area (Å²) in [6.45, 7) is 7.69. The first-order valence-corrected chi connectivity index (χ1v) is 11.3. The summed E-state index contributed by atoms with van der Waals surface area (Å²) in [4.78, 5) is 27.9. The third-order valence-corrected chi connectivity index (χ3v) is 5.15. The Morgan fingerprint density at radius 2 is 1.87 bits per heavy atom. The molecule has 8 heteroatoms. The second-order valence-corrected chi connectivity index (χ2v) is 7.34. The molecule has 0 unspecified atom stereocenters. The number of hydrogen-bond donors (Lipinski definition) is 2. The summed E-state index contributed by atoms with van der Waals surface area (Å²) in [6, 6.07) is 1.52. The third kappa shape index (κ3) is 10.7. The van der Waals surface area contributed by atoms with Crippen LogP contribution in [-0.2, 0) is 19.0 Å². The Morgan fingerprint density at radius 1 is 1.20 bits per heavy atom. The number of nitrogens with zero attached hydrogens (tertiary/aromatic N) is 1. The lowest BCUT2D eigenvalue weighted by Crippen LogP contribution is -2.27. The molecule has 1 aromatic heterocycles. The van der Waals surface area contributed by atoms with E-state index in [9.17, 15) is 9.59 Å². The highest BCUT2D eigenvalue weighted by Crippen LogP contribution is 2.32. The van der Waals surface area contributed by atoms with Crippen LogP contribution in [0.4, 0.5) is 5.82 Å². The molecule has 1 aliphatic heterocycles. The Labute approximate surface area is 179 Å². The van der Waals surface area contributed by atoms with Crippen molar-refractivity contribution in [3.8, 4) is 0 Å². The Hall–Kier alpha value is -1.93. The van der Waals surface area contributed by atoms with Gasteiger partial charge in [0.15, 0.2) is 6.29 Å². The number of H-pyrrole nitrogens is 1. The highest BCUT2D eigenvalue weighted by atomic mass is 16.7. The van der Waals surface area contributed by atoms with Gasteiger partial charge in [-0.15, -0.1) is 0 Å². The van der Waals surface area contributed by atoms with Crippen LogP contribution in [0.5, 0.6) is 0 Å². The number of rotatable bonds is 7. The van der Waals surface area contributed by atoms with E-state index < -0.39 is 5.69 Å². The fraction of sp³-hybridized carbons (Fsp3) is 0.773. The molecular weight excluding hydrogens is 386 g/mol. The first kappa shape index (κ1) is 26.1. The second kappa shape index (κ2) is 15.8.